The lowest BCUT2D eigenvalue weighted by Crippen LogP contribution is -2.38. The number of hydrogen-bond donors (Lipinski definition) is 1. The summed E-state index contributed by atoms with van der Waals surface area (Å²) in [6, 6.07) is 4.82. The van der Waals surface area contributed by atoms with Crippen LogP contribution >= 0.6 is 0 Å². The molecule has 0 spiro atoms. The molecule has 1 aromatic rings. The normalized spacial score (nSPS) is 17.8. The number of ether oxygens (including phenoxy) is 3. The number of nitrogens with one attached hydrogen (secondary N) is 1. The molecule has 118 valence electrons. The number of rotatable bonds is 7. The van der Waals surface area contributed by atoms with Gasteiger partial charge in [0.15, 0.2) is 11.5 Å². The highest BCUT2D eigenvalue weighted by Crippen LogP contribution is 2.40. The van der Waals surface area contributed by atoms with Gasteiger partial charge in [0.25, 0.3) is 0 Å². The Labute approximate surface area is 127 Å². The summed E-state index contributed by atoms with van der Waals surface area (Å²) in [5.41, 5.74) is 1.15. The van der Waals surface area contributed by atoms with Crippen molar-refractivity contribution in [1.29, 1.82) is 0 Å². The van der Waals surface area contributed by atoms with Gasteiger partial charge in [-0.25, -0.2) is 0 Å². The van der Waals surface area contributed by atoms with E-state index in [0.717, 1.165) is 11.5 Å². The van der Waals surface area contributed by atoms with E-state index in [-0.39, 0.29) is 6.04 Å². The lowest BCUT2D eigenvalue weighted by molar-refractivity contribution is 0.229. The molecular formula is C17H27NO3. The number of benzene rings is 1. The van der Waals surface area contributed by atoms with Crippen LogP contribution in [0.2, 0.25) is 0 Å². The molecule has 1 N–H and O–H groups in total. The molecule has 0 aromatic heterocycles. The highest BCUT2D eigenvalue weighted by Gasteiger charge is 2.25. The Morgan fingerprint density at radius 2 is 1.57 bits per heavy atom. The van der Waals surface area contributed by atoms with Crippen molar-refractivity contribution in [2.45, 2.75) is 45.2 Å². The van der Waals surface area contributed by atoms with E-state index < -0.39 is 0 Å². The van der Waals surface area contributed by atoms with Crippen molar-refractivity contribution in [3.63, 3.8) is 0 Å². The Bertz CT molecular complexity index is 446. The smallest absolute Gasteiger partial charge is 0.203 e. The maximum atomic E-state index is 5.42. The third kappa shape index (κ3) is 3.43. The van der Waals surface area contributed by atoms with E-state index in [1.165, 1.54) is 19.3 Å². The van der Waals surface area contributed by atoms with Crippen molar-refractivity contribution in [2.24, 2.45) is 5.92 Å². The van der Waals surface area contributed by atoms with Gasteiger partial charge in [-0.3, -0.25) is 0 Å². The summed E-state index contributed by atoms with van der Waals surface area (Å²) in [6.45, 7) is 4.45. The zero-order chi connectivity index (χ0) is 15.4. The van der Waals surface area contributed by atoms with Crippen molar-refractivity contribution in [2.75, 3.05) is 21.3 Å². The van der Waals surface area contributed by atoms with Crippen LogP contribution in [0.5, 0.6) is 17.2 Å². The first-order chi connectivity index (χ1) is 10.1. The van der Waals surface area contributed by atoms with Crippen LogP contribution in [0, 0.1) is 5.92 Å². The van der Waals surface area contributed by atoms with Crippen LogP contribution in [0.1, 0.15) is 44.7 Å². The lowest BCUT2D eigenvalue weighted by atomic mass is 9.80. The standard InChI is InChI=1S/C17H27NO3/c1-11(13-7-6-8-13)18-12(2)14-9-15(19-3)17(21-5)16(10-14)20-4/h9-13,18H,6-8H2,1-5H3. The molecule has 21 heavy (non-hydrogen) atoms. The zero-order valence-corrected chi connectivity index (χ0v) is 13.7. The fourth-order valence-electron chi connectivity index (χ4n) is 2.92. The highest BCUT2D eigenvalue weighted by atomic mass is 16.5. The fourth-order valence-corrected chi connectivity index (χ4v) is 2.92. The van der Waals surface area contributed by atoms with Gasteiger partial charge in [-0.1, -0.05) is 6.42 Å². The van der Waals surface area contributed by atoms with Gasteiger partial charge in [0.1, 0.15) is 0 Å². The number of methoxy groups -OCH3 is 3. The summed E-state index contributed by atoms with van der Waals surface area (Å²) in [7, 11) is 4.92. The van der Waals surface area contributed by atoms with E-state index in [4.69, 9.17) is 14.2 Å². The van der Waals surface area contributed by atoms with E-state index in [1.807, 2.05) is 12.1 Å². The molecule has 2 rings (SSSR count). The molecule has 0 amide bonds. The molecule has 0 aliphatic heterocycles. The molecule has 0 saturated heterocycles. The van der Waals surface area contributed by atoms with Gasteiger partial charge in [-0.15, -0.1) is 0 Å². The summed E-state index contributed by atoms with van der Waals surface area (Å²) in [5, 5.41) is 3.69. The quantitative estimate of drug-likeness (QED) is 0.834. The molecule has 2 unspecified atom stereocenters. The van der Waals surface area contributed by atoms with Crippen LogP contribution in [-0.2, 0) is 0 Å². The average Bonchev–Trinajstić information content (AvgIpc) is 2.43. The first-order valence-electron chi connectivity index (χ1n) is 7.66. The van der Waals surface area contributed by atoms with Crippen molar-refractivity contribution in [3.05, 3.63) is 17.7 Å². The van der Waals surface area contributed by atoms with Crippen LogP contribution < -0.4 is 19.5 Å². The zero-order valence-electron chi connectivity index (χ0n) is 13.7. The van der Waals surface area contributed by atoms with E-state index in [2.05, 4.69) is 19.2 Å². The summed E-state index contributed by atoms with van der Waals surface area (Å²) in [6.07, 6.45) is 4.06. The monoisotopic (exact) mass is 293 g/mol. The van der Waals surface area contributed by atoms with Gasteiger partial charge in [0.2, 0.25) is 5.75 Å². The Hall–Kier alpha value is -1.42. The van der Waals surface area contributed by atoms with Crippen LogP contribution in [0.25, 0.3) is 0 Å². The minimum absolute atomic E-state index is 0.245. The lowest BCUT2D eigenvalue weighted by Gasteiger charge is -2.34. The Kier molecular flexibility index (Phi) is 5.34. The minimum Gasteiger partial charge on any atom is -0.493 e. The maximum absolute atomic E-state index is 5.42. The molecule has 2 atom stereocenters. The SMILES string of the molecule is COc1cc(C(C)NC(C)C2CCC2)cc(OC)c1OC. The van der Waals surface area contributed by atoms with Crippen LogP contribution in [-0.4, -0.2) is 27.4 Å². The van der Waals surface area contributed by atoms with Crippen molar-refractivity contribution in [1.82, 2.24) is 5.32 Å². The molecule has 0 bridgehead atoms. The van der Waals surface area contributed by atoms with E-state index in [0.29, 0.717) is 23.3 Å². The molecule has 1 aliphatic rings. The van der Waals surface area contributed by atoms with E-state index >= 15 is 0 Å². The Morgan fingerprint density at radius 3 is 1.95 bits per heavy atom. The molecule has 1 saturated carbocycles. The van der Waals surface area contributed by atoms with Gasteiger partial charge in [0.05, 0.1) is 21.3 Å². The topological polar surface area (TPSA) is 39.7 Å². The molecule has 0 radical (unpaired) electrons. The first-order valence-corrected chi connectivity index (χ1v) is 7.66. The predicted octanol–water partition coefficient (Wildman–Crippen LogP) is 3.55. The molecule has 1 aliphatic carbocycles. The molecule has 1 aromatic carbocycles. The van der Waals surface area contributed by atoms with Crippen LogP contribution in [0.4, 0.5) is 0 Å². The van der Waals surface area contributed by atoms with Gasteiger partial charge in [-0.2, -0.15) is 0 Å². The van der Waals surface area contributed by atoms with Gasteiger partial charge in [0, 0.05) is 12.1 Å². The molecule has 4 heteroatoms. The van der Waals surface area contributed by atoms with Gasteiger partial charge < -0.3 is 19.5 Å². The van der Waals surface area contributed by atoms with Gasteiger partial charge in [-0.05, 0) is 50.3 Å². The Balaban J connectivity index is 2.17. The largest absolute Gasteiger partial charge is 0.493 e. The predicted molar refractivity (Wildman–Crippen MR) is 84.5 cm³/mol. The Morgan fingerprint density at radius 1 is 1.00 bits per heavy atom. The maximum Gasteiger partial charge on any atom is 0.203 e. The summed E-state index contributed by atoms with van der Waals surface area (Å²) in [4.78, 5) is 0. The average molecular weight is 293 g/mol. The van der Waals surface area contributed by atoms with Gasteiger partial charge >= 0.3 is 0 Å². The van der Waals surface area contributed by atoms with E-state index in [9.17, 15) is 0 Å². The van der Waals surface area contributed by atoms with Crippen LogP contribution in [0.3, 0.4) is 0 Å². The molecule has 4 nitrogen and oxygen atoms in total. The molecule has 0 heterocycles. The highest BCUT2D eigenvalue weighted by molar-refractivity contribution is 5.54. The third-order valence-corrected chi connectivity index (χ3v) is 4.56. The fraction of sp³-hybridized carbons (Fsp3) is 0.647. The second-order valence-electron chi connectivity index (χ2n) is 5.83. The summed E-state index contributed by atoms with van der Waals surface area (Å²) in [5.74, 6) is 2.87. The second kappa shape index (κ2) is 7.03. The number of hydrogen-bond acceptors (Lipinski definition) is 4. The van der Waals surface area contributed by atoms with Crippen LogP contribution in [0.15, 0.2) is 12.1 Å². The minimum atomic E-state index is 0.245. The van der Waals surface area contributed by atoms with Crippen molar-refractivity contribution < 1.29 is 14.2 Å². The van der Waals surface area contributed by atoms with Crippen molar-refractivity contribution in [3.8, 4) is 17.2 Å². The van der Waals surface area contributed by atoms with Crippen molar-refractivity contribution >= 4 is 0 Å². The first kappa shape index (κ1) is 16.0. The third-order valence-electron chi connectivity index (χ3n) is 4.56. The second-order valence-corrected chi connectivity index (χ2v) is 5.83. The summed E-state index contributed by atoms with van der Waals surface area (Å²) >= 11 is 0. The molecule has 1 fully saturated rings. The molecular weight excluding hydrogens is 266 g/mol. The van der Waals surface area contributed by atoms with E-state index in [1.54, 1.807) is 21.3 Å². The summed E-state index contributed by atoms with van der Waals surface area (Å²) < 4.78 is 16.2.